The number of benzene rings is 2. The van der Waals surface area contributed by atoms with Crippen LogP contribution in [0.25, 0.3) is 21.6 Å². The standard InChI is InChI=1S/C23H22ClNO2S/c24-16-7-8-22-20(13-16)23-19(18-5-1-2-6-21(18)27-22)14-17(28-23)15-26-12-11-25-9-3-4-10-25/h1-2,5-8,13-14H,3-4,9-12,15H2. The molecule has 0 saturated carbocycles. The van der Waals surface area contributed by atoms with Crippen molar-refractivity contribution >= 4 is 22.9 Å². The van der Waals surface area contributed by atoms with E-state index < -0.39 is 0 Å². The molecule has 3 nitrogen and oxygen atoms in total. The maximum atomic E-state index is 6.30. The number of fused-ring (bicyclic) bond motifs is 5. The van der Waals surface area contributed by atoms with E-state index in [0.717, 1.165) is 40.8 Å². The molecule has 1 fully saturated rings. The second kappa shape index (κ2) is 7.88. The van der Waals surface area contributed by atoms with Gasteiger partial charge in [-0.2, -0.15) is 0 Å². The number of nitrogens with zero attached hydrogens (tertiary/aromatic N) is 1. The van der Waals surface area contributed by atoms with E-state index in [1.165, 1.54) is 41.2 Å². The van der Waals surface area contributed by atoms with Gasteiger partial charge in [-0.1, -0.05) is 29.8 Å². The molecule has 1 saturated heterocycles. The minimum atomic E-state index is 0.643. The molecule has 5 heteroatoms. The average Bonchev–Trinajstić information content (AvgIpc) is 3.35. The van der Waals surface area contributed by atoms with Crippen molar-refractivity contribution in [1.29, 1.82) is 0 Å². The zero-order valence-electron chi connectivity index (χ0n) is 15.6. The van der Waals surface area contributed by atoms with E-state index in [1.54, 1.807) is 11.3 Å². The van der Waals surface area contributed by atoms with Crippen molar-refractivity contribution in [2.45, 2.75) is 19.4 Å². The summed E-state index contributed by atoms with van der Waals surface area (Å²) >= 11 is 8.07. The molecule has 0 bridgehead atoms. The van der Waals surface area contributed by atoms with Crippen LogP contribution in [0.3, 0.4) is 0 Å². The molecule has 5 rings (SSSR count). The van der Waals surface area contributed by atoms with Gasteiger partial charge in [0, 0.05) is 38.0 Å². The summed E-state index contributed by atoms with van der Waals surface area (Å²) in [5, 5.41) is 0.719. The Labute approximate surface area is 174 Å². The van der Waals surface area contributed by atoms with Gasteiger partial charge in [0.05, 0.1) is 13.2 Å². The lowest BCUT2D eigenvalue weighted by Gasteiger charge is -2.13. The summed E-state index contributed by atoms with van der Waals surface area (Å²) in [6.45, 7) is 4.88. The van der Waals surface area contributed by atoms with E-state index in [2.05, 4.69) is 23.1 Å². The van der Waals surface area contributed by atoms with Crippen molar-refractivity contribution in [3.63, 3.8) is 0 Å². The highest BCUT2D eigenvalue weighted by molar-refractivity contribution is 7.16. The van der Waals surface area contributed by atoms with Gasteiger partial charge in [0.2, 0.25) is 0 Å². The minimum absolute atomic E-state index is 0.643. The summed E-state index contributed by atoms with van der Waals surface area (Å²) in [5.41, 5.74) is 3.36. The Morgan fingerprint density at radius 1 is 0.964 bits per heavy atom. The lowest BCUT2D eigenvalue weighted by Crippen LogP contribution is -2.23. The van der Waals surface area contributed by atoms with E-state index in [4.69, 9.17) is 21.1 Å². The van der Waals surface area contributed by atoms with Crippen molar-refractivity contribution in [1.82, 2.24) is 4.90 Å². The van der Waals surface area contributed by atoms with Crippen LogP contribution in [0.15, 0.2) is 48.5 Å². The first kappa shape index (κ1) is 18.2. The van der Waals surface area contributed by atoms with Crippen LogP contribution >= 0.6 is 22.9 Å². The molecule has 0 aliphatic carbocycles. The van der Waals surface area contributed by atoms with Crippen molar-refractivity contribution in [3.05, 3.63) is 58.4 Å². The van der Waals surface area contributed by atoms with Crippen LogP contribution in [0, 0.1) is 0 Å². The Bertz CT molecular complexity index is 994. The number of para-hydroxylation sites is 1. The summed E-state index contributed by atoms with van der Waals surface area (Å²) in [5.74, 6) is 1.73. The topological polar surface area (TPSA) is 21.7 Å². The predicted molar refractivity (Wildman–Crippen MR) is 116 cm³/mol. The fourth-order valence-corrected chi connectivity index (χ4v) is 5.25. The molecule has 28 heavy (non-hydrogen) atoms. The third kappa shape index (κ3) is 3.58. The van der Waals surface area contributed by atoms with Crippen LogP contribution in [0.4, 0.5) is 0 Å². The van der Waals surface area contributed by atoms with Gasteiger partial charge in [-0.3, -0.25) is 0 Å². The Morgan fingerprint density at radius 3 is 2.68 bits per heavy atom. The van der Waals surface area contributed by atoms with Gasteiger partial charge in [-0.15, -0.1) is 11.3 Å². The Hall–Kier alpha value is -1.85. The second-order valence-corrected chi connectivity index (χ2v) is 8.87. The zero-order chi connectivity index (χ0) is 18.9. The fraction of sp³-hybridized carbons (Fsp3) is 0.304. The highest BCUT2D eigenvalue weighted by Crippen LogP contribution is 2.50. The van der Waals surface area contributed by atoms with Gasteiger partial charge in [0.15, 0.2) is 0 Å². The first-order chi connectivity index (χ1) is 13.8. The molecule has 2 aliphatic rings. The highest BCUT2D eigenvalue weighted by atomic mass is 35.5. The average molecular weight is 412 g/mol. The van der Waals surface area contributed by atoms with Gasteiger partial charge in [0.25, 0.3) is 0 Å². The van der Waals surface area contributed by atoms with E-state index in [9.17, 15) is 0 Å². The van der Waals surface area contributed by atoms with E-state index in [1.807, 2.05) is 30.3 Å². The van der Waals surface area contributed by atoms with Crippen molar-refractivity contribution < 1.29 is 9.47 Å². The summed E-state index contributed by atoms with van der Waals surface area (Å²) < 4.78 is 12.2. The molecule has 0 spiro atoms. The third-order valence-electron chi connectivity index (χ3n) is 5.36. The molecule has 144 valence electrons. The first-order valence-corrected chi connectivity index (χ1v) is 11.0. The lowest BCUT2D eigenvalue weighted by atomic mass is 10.0. The SMILES string of the molecule is Clc1ccc2c(c1)-c1sc(COCCN3CCCC3)cc1-c1ccccc1O2. The molecule has 0 radical (unpaired) electrons. The number of ether oxygens (including phenoxy) is 2. The van der Waals surface area contributed by atoms with Gasteiger partial charge in [-0.25, -0.2) is 0 Å². The van der Waals surface area contributed by atoms with E-state index >= 15 is 0 Å². The molecule has 0 N–H and O–H groups in total. The number of hydrogen-bond acceptors (Lipinski definition) is 4. The second-order valence-electron chi connectivity index (χ2n) is 7.30. The third-order valence-corrected chi connectivity index (χ3v) is 6.74. The van der Waals surface area contributed by atoms with Crippen molar-refractivity contribution in [3.8, 4) is 33.1 Å². The van der Waals surface area contributed by atoms with Gasteiger partial charge in [0.1, 0.15) is 11.5 Å². The summed E-state index contributed by atoms with van der Waals surface area (Å²) in [4.78, 5) is 4.91. The van der Waals surface area contributed by atoms with Gasteiger partial charge in [-0.05, 0) is 56.3 Å². The Balaban J connectivity index is 1.43. The van der Waals surface area contributed by atoms with E-state index in [0.29, 0.717) is 6.61 Å². The maximum absolute atomic E-state index is 6.30. The molecule has 2 aliphatic heterocycles. The molecule has 2 aromatic carbocycles. The van der Waals surface area contributed by atoms with Crippen LogP contribution < -0.4 is 4.74 Å². The van der Waals surface area contributed by atoms with Crippen LogP contribution in [-0.4, -0.2) is 31.1 Å². The van der Waals surface area contributed by atoms with Crippen LogP contribution in [-0.2, 0) is 11.3 Å². The number of halogens is 1. The molecular formula is C23H22ClNO2S. The molecule has 0 unspecified atom stereocenters. The molecule has 1 aromatic heterocycles. The minimum Gasteiger partial charge on any atom is -0.456 e. The molecule has 0 amide bonds. The molecule has 3 heterocycles. The van der Waals surface area contributed by atoms with Crippen LogP contribution in [0.1, 0.15) is 17.7 Å². The number of hydrogen-bond donors (Lipinski definition) is 0. The lowest BCUT2D eigenvalue weighted by molar-refractivity contribution is 0.101. The zero-order valence-corrected chi connectivity index (χ0v) is 17.2. The molecule has 3 aromatic rings. The molecular weight excluding hydrogens is 390 g/mol. The van der Waals surface area contributed by atoms with Crippen LogP contribution in [0.5, 0.6) is 11.5 Å². The quantitative estimate of drug-likeness (QED) is 0.352. The Morgan fingerprint density at radius 2 is 1.79 bits per heavy atom. The van der Waals surface area contributed by atoms with Crippen molar-refractivity contribution in [2.75, 3.05) is 26.2 Å². The largest absolute Gasteiger partial charge is 0.456 e. The van der Waals surface area contributed by atoms with Crippen molar-refractivity contribution in [2.24, 2.45) is 0 Å². The number of thiophene rings is 1. The maximum Gasteiger partial charge on any atom is 0.136 e. The fourth-order valence-electron chi connectivity index (χ4n) is 3.95. The highest BCUT2D eigenvalue weighted by Gasteiger charge is 2.23. The van der Waals surface area contributed by atoms with Crippen LogP contribution in [0.2, 0.25) is 5.02 Å². The number of rotatable bonds is 5. The molecule has 0 atom stereocenters. The normalized spacial score (nSPS) is 15.5. The van der Waals surface area contributed by atoms with E-state index in [-0.39, 0.29) is 0 Å². The van der Waals surface area contributed by atoms with Gasteiger partial charge < -0.3 is 14.4 Å². The smallest absolute Gasteiger partial charge is 0.136 e. The first-order valence-electron chi connectivity index (χ1n) is 9.78. The number of likely N-dealkylation sites (tertiary alicyclic amines) is 1. The summed E-state index contributed by atoms with van der Waals surface area (Å²) in [7, 11) is 0. The monoisotopic (exact) mass is 411 g/mol. The summed E-state index contributed by atoms with van der Waals surface area (Å²) in [6.07, 6.45) is 2.64. The summed E-state index contributed by atoms with van der Waals surface area (Å²) in [6, 6.07) is 16.3. The predicted octanol–water partition coefficient (Wildman–Crippen LogP) is 6.45. The van der Waals surface area contributed by atoms with Gasteiger partial charge >= 0.3 is 0 Å². The Kier molecular flexibility index (Phi) is 5.12.